The molecule has 3 aromatic rings. The molecule has 1 unspecified atom stereocenters. The van der Waals surface area contributed by atoms with Crippen LogP contribution in [0.5, 0.6) is 0 Å². The predicted octanol–water partition coefficient (Wildman–Crippen LogP) is 6.71. The van der Waals surface area contributed by atoms with Gasteiger partial charge in [0.25, 0.3) is 0 Å². The number of hydrogen-bond donors (Lipinski definition) is 0. The molecule has 0 amide bonds. The van der Waals surface area contributed by atoms with Crippen LogP contribution in [0.4, 0.5) is 0 Å². The smallest absolute Gasteiger partial charge is 0.170 e. The molecule has 27 heavy (non-hydrogen) atoms. The van der Waals surface area contributed by atoms with Crippen molar-refractivity contribution in [2.45, 2.75) is 39.8 Å². The second kappa shape index (κ2) is 7.08. The third-order valence-corrected chi connectivity index (χ3v) is 6.20. The molecule has 0 saturated carbocycles. The van der Waals surface area contributed by atoms with Gasteiger partial charge in [0.15, 0.2) is 5.58 Å². The van der Waals surface area contributed by atoms with E-state index in [0.29, 0.717) is 6.04 Å². The van der Waals surface area contributed by atoms with Crippen molar-refractivity contribution >= 4 is 44.1 Å². The Morgan fingerprint density at radius 1 is 1.22 bits per heavy atom. The van der Waals surface area contributed by atoms with Gasteiger partial charge in [0.2, 0.25) is 0 Å². The number of fused-ring (bicyclic) bond motifs is 1. The van der Waals surface area contributed by atoms with E-state index in [4.69, 9.17) is 16.1 Å². The van der Waals surface area contributed by atoms with Crippen LogP contribution in [0.1, 0.15) is 42.3 Å². The zero-order valence-electron chi connectivity index (χ0n) is 15.9. The molecule has 3 nitrogen and oxygen atoms in total. The van der Waals surface area contributed by atoms with Gasteiger partial charge >= 0.3 is 0 Å². The minimum Gasteiger partial charge on any atom is -0.356 e. The third kappa shape index (κ3) is 3.35. The van der Waals surface area contributed by atoms with Gasteiger partial charge in [-0.05, 0) is 68.2 Å². The summed E-state index contributed by atoms with van der Waals surface area (Å²) < 4.78 is 6.53. The van der Waals surface area contributed by atoms with Crippen molar-refractivity contribution in [3.05, 3.63) is 68.3 Å². The molecule has 0 saturated heterocycles. The summed E-state index contributed by atoms with van der Waals surface area (Å²) in [6.07, 6.45) is 2.37. The van der Waals surface area contributed by atoms with Crippen molar-refractivity contribution in [3.63, 3.8) is 0 Å². The average Bonchev–Trinajstić information content (AvgIpc) is 3.20. The minimum atomic E-state index is 0.222. The van der Waals surface area contributed by atoms with Crippen molar-refractivity contribution in [2.75, 3.05) is 6.54 Å². The van der Waals surface area contributed by atoms with E-state index < -0.39 is 0 Å². The molecule has 0 fully saturated rings. The summed E-state index contributed by atoms with van der Waals surface area (Å²) in [5, 5.41) is 5.98. The number of rotatable bonds is 3. The molecule has 140 valence electrons. The normalized spacial score (nSPS) is 17.9. The van der Waals surface area contributed by atoms with Gasteiger partial charge in [-0.15, -0.1) is 0 Å². The topological polar surface area (TPSA) is 29.3 Å². The highest BCUT2D eigenvalue weighted by molar-refractivity contribution is 9.10. The molecule has 2 heterocycles. The van der Waals surface area contributed by atoms with Crippen LogP contribution < -0.4 is 0 Å². The summed E-state index contributed by atoms with van der Waals surface area (Å²) >= 11 is 9.80. The molecule has 0 radical (unpaired) electrons. The summed E-state index contributed by atoms with van der Waals surface area (Å²) in [7, 11) is 0. The first-order valence-electron chi connectivity index (χ1n) is 9.13. The molecular weight excluding hydrogens is 424 g/mol. The summed E-state index contributed by atoms with van der Waals surface area (Å²) in [5.74, 6) is 0. The van der Waals surface area contributed by atoms with Gasteiger partial charge in [0, 0.05) is 27.5 Å². The van der Waals surface area contributed by atoms with Gasteiger partial charge in [-0.1, -0.05) is 50.9 Å². The lowest BCUT2D eigenvalue weighted by Gasteiger charge is -2.29. The van der Waals surface area contributed by atoms with Gasteiger partial charge in [0.1, 0.15) is 0 Å². The number of nitrogens with zero attached hydrogens (tertiary/aromatic N) is 2. The van der Waals surface area contributed by atoms with Crippen molar-refractivity contribution < 1.29 is 4.52 Å². The predicted molar refractivity (Wildman–Crippen MR) is 115 cm³/mol. The zero-order chi connectivity index (χ0) is 19.3. The van der Waals surface area contributed by atoms with Crippen LogP contribution >= 0.6 is 27.5 Å². The van der Waals surface area contributed by atoms with Crippen molar-refractivity contribution in [3.8, 4) is 0 Å². The molecular formula is C22H22BrClN2O. The molecule has 1 aromatic heterocycles. The van der Waals surface area contributed by atoms with Crippen LogP contribution in [0.3, 0.4) is 0 Å². The number of aryl methyl sites for hydroxylation is 2. The lowest BCUT2D eigenvalue weighted by Crippen LogP contribution is -2.31. The molecule has 2 aromatic carbocycles. The molecule has 0 N–H and O–H groups in total. The molecule has 4 rings (SSSR count). The van der Waals surface area contributed by atoms with Crippen LogP contribution in [0, 0.1) is 13.8 Å². The largest absolute Gasteiger partial charge is 0.356 e. The number of benzene rings is 2. The summed E-state index contributed by atoms with van der Waals surface area (Å²) in [5.41, 5.74) is 6.74. The maximum Gasteiger partial charge on any atom is 0.170 e. The van der Waals surface area contributed by atoms with Crippen molar-refractivity contribution in [1.82, 2.24) is 10.1 Å². The zero-order valence-corrected chi connectivity index (χ0v) is 18.2. The Morgan fingerprint density at radius 2 is 2.00 bits per heavy atom. The molecule has 1 aliphatic heterocycles. The van der Waals surface area contributed by atoms with E-state index in [1.165, 1.54) is 16.7 Å². The molecule has 1 aliphatic rings. The SMILES string of the molecule is Cc1noc2c(C)cc(C3C=C(c4ccc(Cl)cc4Br)CN3C(C)C)cc12. The fourth-order valence-corrected chi connectivity index (χ4v) is 4.81. The molecule has 0 spiro atoms. The maximum atomic E-state index is 6.13. The highest BCUT2D eigenvalue weighted by Gasteiger charge is 2.30. The molecule has 5 heteroatoms. The summed E-state index contributed by atoms with van der Waals surface area (Å²) in [4.78, 5) is 2.51. The van der Waals surface area contributed by atoms with E-state index in [0.717, 1.165) is 38.3 Å². The first-order chi connectivity index (χ1) is 12.8. The van der Waals surface area contributed by atoms with E-state index in [-0.39, 0.29) is 6.04 Å². The Bertz CT molecular complexity index is 1050. The first kappa shape index (κ1) is 18.7. The average molecular weight is 446 g/mol. The van der Waals surface area contributed by atoms with E-state index in [9.17, 15) is 0 Å². The van der Waals surface area contributed by atoms with Crippen LogP contribution in [-0.2, 0) is 0 Å². The first-order valence-corrected chi connectivity index (χ1v) is 10.3. The van der Waals surface area contributed by atoms with Crippen LogP contribution in [-0.4, -0.2) is 22.6 Å². The quantitative estimate of drug-likeness (QED) is 0.448. The van der Waals surface area contributed by atoms with Crippen LogP contribution in [0.15, 0.2) is 45.4 Å². The van der Waals surface area contributed by atoms with Gasteiger partial charge < -0.3 is 4.52 Å². The van der Waals surface area contributed by atoms with Gasteiger partial charge in [-0.25, -0.2) is 0 Å². The van der Waals surface area contributed by atoms with Crippen molar-refractivity contribution in [2.24, 2.45) is 0 Å². The highest BCUT2D eigenvalue weighted by atomic mass is 79.9. The fourth-order valence-electron chi connectivity index (χ4n) is 3.88. The highest BCUT2D eigenvalue weighted by Crippen LogP contribution is 2.40. The van der Waals surface area contributed by atoms with Crippen LogP contribution in [0.25, 0.3) is 16.5 Å². The van der Waals surface area contributed by atoms with Gasteiger partial charge in [-0.3, -0.25) is 4.90 Å². The molecule has 0 bridgehead atoms. The Hall–Kier alpha value is -1.62. The lowest BCUT2D eigenvalue weighted by molar-refractivity contribution is 0.223. The Balaban J connectivity index is 1.82. The Kier molecular flexibility index (Phi) is 4.91. The second-order valence-electron chi connectivity index (χ2n) is 7.51. The molecule has 1 atom stereocenters. The number of halogens is 2. The van der Waals surface area contributed by atoms with Crippen molar-refractivity contribution in [1.29, 1.82) is 0 Å². The lowest BCUT2D eigenvalue weighted by atomic mass is 9.99. The standard InChI is InChI=1S/C22H22BrClN2O/c1-12(2)26-11-16(18-6-5-17(24)10-20(18)23)9-21(26)15-7-13(3)22-19(8-15)14(4)25-27-22/h5-10,12,21H,11H2,1-4H3. The van der Waals surface area contributed by atoms with E-state index in [2.05, 4.69) is 71.0 Å². The van der Waals surface area contributed by atoms with Gasteiger partial charge in [-0.2, -0.15) is 0 Å². The van der Waals surface area contributed by atoms with E-state index in [1.807, 2.05) is 19.1 Å². The number of aromatic nitrogens is 1. The fraction of sp³-hybridized carbons (Fsp3) is 0.318. The van der Waals surface area contributed by atoms with Gasteiger partial charge in [0.05, 0.1) is 11.7 Å². The molecule has 0 aliphatic carbocycles. The second-order valence-corrected chi connectivity index (χ2v) is 8.80. The van der Waals surface area contributed by atoms with E-state index >= 15 is 0 Å². The number of hydrogen-bond acceptors (Lipinski definition) is 3. The van der Waals surface area contributed by atoms with Crippen LogP contribution in [0.2, 0.25) is 5.02 Å². The summed E-state index contributed by atoms with van der Waals surface area (Å²) in [6.45, 7) is 9.48. The maximum absolute atomic E-state index is 6.13. The summed E-state index contributed by atoms with van der Waals surface area (Å²) in [6, 6.07) is 11.1. The minimum absolute atomic E-state index is 0.222. The Labute approximate surface area is 173 Å². The Morgan fingerprint density at radius 3 is 2.70 bits per heavy atom. The third-order valence-electron chi connectivity index (χ3n) is 5.31. The monoisotopic (exact) mass is 444 g/mol. The van der Waals surface area contributed by atoms with E-state index in [1.54, 1.807) is 0 Å².